The minimum absolute atomic E-state index is 0.0789. The van der Waals surface area contributed by atoms with E-state index < -0.39 is 39.7 Å². The molecule has 0 radical (unpaired) electrons. The molecule has 0 aliphatic heterocycles. The first-order valence-electron chi connectivity index (χ1n) is 5.06. The molecule has 112 valence electrons. The fourth-order valence-corrected chi connectivity index (χ4v) is 2.26. The summed E-state index contributed by atoms with van der Waals surface area (Å²) in [7, 11) is 0. The number of alkyl halides is 7. The van der Waals surface area contributed by atoms with E-state index in [2.05, 4.69) is 15.9 Å². The van der Waals surface area contributed by atoms with Gasteiger partial charge < -0.3 is 0 Å². The van der Waals surface area contributed by atoms with Crippen molar-refractivity contribution in [3.05, 3.63) is 29.3 Å². The number of benzene rings is 1. The fraction of sp³-hybridized carbons (Fsp3) is 0.364. The maximum atomic E-state index is 12.5. The standard InChI is InChI=1S/C11H7BrF6OS/c12-5-8(19)3-6-1-2-7(10(13,14)15)4-9(6)20-11(16,17)18/h1-2,4H,3,5H2. The average molecular weight is 381 g/mol. The van der Waals surface area contributed by atoms with Crippen LogP contribution >= 0.6 is 27.7 Å². The molecular weight excluding hydrogens is 374 g/mol. The van der Waals surface area contributed by atoms with Crippen LogP contribution in [-0.4, -0.2) is 16.6 Å². The first-order valence-corrected chi connectivity index (χ1v) is 7.00. The number of carbonyl (C=O) groups excluding carboxylic acids is 1. The highest BCUT2D eigenvalue weighted by Crippen LogP contribution is 2.41. The van der Waals surface area contributed by atoms with E-state index in [1.54, 1.807) is 0 Å². The van der Waals surface area contributed by atoms with Gasteiger partial charge in [-0.2, -0.15) is 26.3 Å². The highest BCUT2D eigenvalue weighted by atomic mass is 79.9. The summed E-state index contributed by atoms with van der Waals surface area (Å²) < 4.78 is 74.6. The molecule has 0 heterocycles. The Morgan fingerprint density at radius 1 is 1.15 bits per heavy atom. The van der Waals surface area contributed by atoms with Gasteiger partial charge in [0.05, 0.1) is 10.9 Å². The molecule has 9 heteroatoms. The number of hydrogen-bond donors (Lipinski definition) is 0. The number of thioether (sulfide) groups is 1. The SMILES string of the molecule is O=C(CBr)Cc1ccc(C(F)(F)F)cc1SC(F)(F)F. The van der Waals surface area contributed by atoms with Crippen LogP contribution in [0.4, 0.5) is 26.3 Å². The van der Waals surface area contributed by atoms with Crippen LogP contribution in [0, 0.1) is 0 Å². The van der Waals surface area contributed by atoms with Crippen LogP contribution in [0.1, 0.15) is 11.1 Å². The van der Waals surface area contributed by atoms with Crippen LogP contribution < -0.4 is 0 Å². The molecule has 0 unspecified atom stereocenters. The van der Waals surface area contributed by atoms with Gasteiger partial charge >= 0.3 is 11.7 Å². The molecule has 0 aromatic heterocycles. The number of carbonyl (C=O) groups is 1. The Labute approximate surface area is 122 Å². The Kier molecular flexibility index (Phi) is 5.54. The monoisotopic (exact) mass is 380 g/mol. The minimum Gasteiger partial charge on any atom is -0.298 e. The van der Waals surface area contributed by atoms with E-state index in [4.69, 9.17) is 0 Å². The summed E-state index contributed by atoms with van der Waals surface area (Å²) in [6.07, 6.45) is -5.10. The largest absolute Gasteiger partial charge is 0.446 e. The highest BCUT2D eigenvalue weighted by Gasteiger charge is 2.34. The lowest BCUT2D eigenvalue weighted by Gasteiger charge is -2.14. The van der Waals surface area contributed by atoms with Crippen molar-refractivity contribution in [2.45, 2.75) is 23.0 Å². The van der Waals surface area contributed by atoms with Gasteiger partial charge in [-0.15, -0.1) is 0 Å². The molecule has 0 spiro atoms. The molecule has 0 saturated heterocycles. The molecule has 0 aliphatic carbocycles. The van der Waals surface area contributed by atoms with Crippen molar-refractivity contribution < 1.29 is 31.1 Å². The molecule has 1 aromatic carbocycles. The number of Topliss-reactive ketones (excluding diaryl/α,β-unsaturated/α-hetero) is 1. The average Bonchev–Trinajstić information content (AvgIpc) is 2.27. The molecule has 0 fully saturated rings. The molecular formula is C11H7BrF6OS. The predicted molar refractivity (Wildman–Crippen MR) is 65.9 cm³/mol. The lowest BCUT2D eigenvalue weighted by atomic mass is 10.1. The Balaban J connectivity index is 3.20. The molecule has 20 heavy (non-hydrogen) atoms. The van der Waals surface area contributed by atoms with Crippen molar-refractivity contribution >= 4 is 33.5 Å². The van der Waals surface area contributed by atoms with Crippen molar-refractivity contribution in [1.82, 2.24) is 0 Å². The maximum Gasteiger partial charge on any atom is 0.446 e. The summed E-state index contributed by atoms with van der Waals surface area (Å²) in [5, 5.41) is -0.0792. The number of halogens is 7. The fourth-order valence-electron chi connectivity index (χ4n) is 1.36. The Bertz CT molecular complexity index is 497. The third kappa shape index (κ3) is 5.35. The number of ketones is 1. The first kappa shape index (κ1) is 17.4. The van der Waals surface area contributed by atoms with Gasteiger partial charge in [0, 0.05) is 11.3 Å². The summed E-state index contributed by atoms with van der Waals surface area (Å²) >= 11 is 2.19. The second-order valence-corrected chi connectivity index (χ2v) is 5.38. The first-order chi connectivity index (χ1) is 9.03. The zero-order valence-corrected chi connectivity index (χ0v) is 12.0. The molecule has 1 aromatic rings. The smallest absolute Gasteiger partial charge is 0.298 e. The molecule has 0 amide bonds. The summed E-state index contributed by atoms with van der Waals surface area (Å²) in [6.45, 7) is 0. The third-order valence-corrected chi connectivity index (χ3v) is 3.61. The summed E-state index contributed by atoms with van der Waals surface area (Å²) in [6, 6.07) is 1.98. The van der Waals surface area contributed by atoms with E-state index >= 15 is 0 Å². The van der Waals surface area contributed by atoms with E-state index in [0.29, 0.717) is 12.1 Å². The van der Waals surface area contributed by atoms with Crippen LogP contribution in [0.15, 0.2) is 23.1 Å². The Morgan fingerprint density at radius 2 is 1.75 bits per heavy atom. The van der Waals surface area contributed by atoms with Crippen LogP contribution in [-0.2, 0) is 17.4 Å². The quantitative estimate of drug-likeness (QED) is 0.423. The zero-order valence-electron chi connectivity index (χ0n) is 9.61. The van der Waals surface area contributed by atoms with Gasteiger partial charge in [-0.05, 0) is 29.5 Å². The Hall–Kier alpha value is -0.700. The second kappa shape index (κ2) is 6.38. The zero-order chi connectivity index (χ0) is 15.6. The highest BCUT2D eigenvalue weighted by molar-refractivity contribution is 9.09. The molecule has 0 atom stereocenters. The van der Waals surface area contributed by atoms with Gasteiger partial charge in [-0.3, -0.25) is 4.79 Å². The lowest BCUT2D eigenvalue weighted by Crippen LogP contribution is -2.10. The predicted octanol–water partition coefficient (Wildman–Crippen LogP) is 4.82. The topological polar surface area (TPSA) is 17.1 Å². The lowest BCUT2D eigenvalue weighted by molar-refractivity contribution is -0.137. The second-order valence-electron chi connectivity index (χ2n) is 3.72. The van der Waals surface area contributed by atoms with Gasteiger partial charge in [0.15, 0.2) is 0 Å². The molecule has 0 aliphatic rings. The van der Waals surface area contributed by atoms with Gasteiger partial charge in [0.25, 0.3) is 0 Å². The molecule has 0 bridgehead atoms. The van der Waals surface area contributed by atoms with E-state index in [1.165, 1.54) is 0 Å². The van der Waals surface area contributed by atoms with Crippen LogP contribution in [0.5, 0.6) is 0 Å². The molecule has 0 N–H and O–H groups in total. The number of hydrogen-bond acceptors (Lipinski definition) is 2. The molecule has 1 nitrogen and oxygen atoms in total. The summed E-state index contributed by atoms with van der Waals surface area (Å²) in [5.74, 6) is -0.422. The summed E-state index contributed by atoms with van der Waals surface area (Å²) in [4.78, 5) is 10.6. The van der Waals surface area contributed by atoms with Crippen LogP contribution in [0.2, 0.25) is 0 Å². The van der Waals surface area contributed by atoms with Gasteiger partial charge in [0.2, 0.25) is 0 Å². The normalized spacial score (nSPS) is 12.6. The van der Waals surface area contributed by atoms with Crippen molar-refractivity contribution in [3.63, 3.8) is 0 Å². The molecule has 0 saturated carbocycles. The van der Waals surface area contributed by atoms with E-state index in [9.17, 15) is 31.1 Å². The Morgan fingerprint density at radius 3 is 2.20 bits per heavy atom. The molecule has 1 rings (SSSR count). The number of rotatable bonds is 4. The van der Waals surface area contributed by atoms with Crippen molar-refractivity contribution in [2.24, 2.45) is 0 Å². The van der Waals surface area contributed by atoms with E-state index in [-0.39, 0.29) is 17.3 Å². The summed E-state index contributed by atoms with van der Waals surface area (Å²) in [5.41, 5.74) is -5.99. The van der Waals surface area contributed by atoms with Crippen molar-refractivity contribution in [1.29, 1.82) is 0 Å². The van der Waals surface area contributed by atoms with Crippen molar-refractivity contribution in [2.75, 3.05) is 5.33 Å². The van der Waals surface area contributed by atoms with Crippen LogP contribution in [0.25, 0.3) is 0 Å². The van der Waals surface area contributed by atoms with E-state index in [0.717, 1.165) is 6.07 Å². The van der Waals surface area contributed by atoms with E-state index in [1.807, 2.05) is 0 Å². The van der Waals surface area contributed by atoms with Gasteiger partial charge in [-0.25, -0.2) is 0 Å². The minimum atomic E-state index is -4.74. The van der Waals surface area contributed by atoms with Crippen molar-refractivity contribution in [3.8, 4) is 0 Å². The maximum absolute atomic E-state index is 12.5. The van der Waals surface area contributed by atoms with Gasteiger partial charge in [-0.1, -0.05) is 22.0 Å². The van der Waals surface area contributed by atoms with Gasteiger partial charge in [0.1, 0.15) is 5.78 Å². The third-order valence-electron chi connectivity index (χ3n) is 2.16. The van der Waals surface area contributed by atoms with Crippen LogP contribution in [0.3, 0.4) is 0 Å².